The van der Waals surface area contributed by atoms with Crippen molar-refractivity contribution < 1.29 is 8.42 Å². The van der Waals surface area contributed by atoms with Crippen molar-refractivity contribution in [1.82, 2.24) is 4.72 Å². The number of aryl methyl sites for hydroxylation is 1. The highest BCUT2D eigenvalue weighted by Crippen LogP contribution is 2.25. The van der Waals surface area contributed by atoms with Gasteiger partial charge in [0.2, 0.25) is 10.0 Å². The normalized spacial score (nSPS) is 17.1. The highest BCUT2D eigenvalue weighted by molar-refractivity contribution is 7.89. The quantitative estimate of drug-likeness (QED) is 0.878. The van der Waals surface area contributed by atoms with Crippen molar-refractivity contribution >= 4 is 15.7 Å². The van der Waals surface area contributed by atoms with Crippen LogP contribution in [0.5, 0.6) is 0 Å². The lowest BCUT2D eigenvalue weighted by atomic mass is 9.89. The van der Waals surface area contributed by atoms with Crippen molar-refractivity contribution in [3.8, 4) is 0 Å². The molecule has 2 N–H and O–H groups in total. The molecule has 0 spiro atoms. The molecule has 4 nitrogen and oxygen atoms in total. The second-order valence-corrected chi connectivity index (χ2v) is 7.46. The molecule has 1 aromatic carbocycles. The lowest BCUT2D eigenvalue weighted by molar-refractivity contribution is 0.373. The minimum Gasteiger partial charge on any atom is -0.385 e. The van der Waals surface area contributed by atoms with Gasteiger partial charge in [-0.25, -0.2) is 13.1 Å². The predicted molar refractivity (Wildman–Crippen MR) is 82.5 cm³/mol. The maximum atomic E-state index is 11.8. The van der Waals surface area contributed by atoms with Gasteiger partial charge in [-0.1, -0.05) is 25.3 Å². The summed E-state index contributed by atoms with van der Waals surface area (Å²) < 4.78 is 26.0. The van der Waals surface area contributed by atoms with E-state index < -0.39 is 10.0 Å². The first-order chi connectivity index (χ1) is 9.53. The Labute approximate surface area is 122 Å². The van der Waals surface area contributed by atoms with Crippen molar-refractivity contribution in [1.29, 1.82) is 0 Å². The average Bonchev–Trinajstić information content (AvgIpc) is 2.47. The molecule has 1 saturated carbocycles. The third kappa shape index (κ3) is 3.73. The lowest BCUT2D eigenvalue weighted by Crippen LogP contribution is -2.20. The topological polar surface area (TPSA) is 58.2 Å². The minimum atomic E-state index is -3.37. The maximum absolute atomic E-state index is 11.8. The molecule has 1 fully saturated rings. The first kappa shape index (κ1) is 15.3. The van der Waals surface area contributed by atoms with Gasteiger partial charge in [-0.2, -0.15) is 0 Å². The van der Waals surface area contributed by atoms with Crippen LogP contribution >= 0.6 is 0 Å². The highest BCUT2D eigenvalue weighted by atomic mass is 32.2. The number of hydrogen-bond donors (Lipinski definition) is 2. The number of benzene rings is 1. The zero-order valence-electron chi connectivity index (χ0n) is 12.3. The van der Waals surface area contributed by atoms with Crippen LogP contribution in [0.15, 0.2) is 23.1 Å². The second kappa shape index (κ2) is 6.59. The van der Waals surface area contributed by atoms with Gasteiger partial charge in [0.25, 0.3) is 0 Å². The van der Waals surface area contributed by atoms with Crippen LogP contribution in [0.2, 0.25) is 0 Å². The lowest BCUT2D eigenvalue weighted by Gasteiger charge is -2.23. The fourth-order valence-corrected chi connectivity index (χ4v) is 3.48. The molecule has 0 unspecified atom stereocenters. The fraction of sp³-hybridized carbons (Fsp3) is 0.600. The number of nitrogens with one attached hydrogen (secondary N) is 2. The molecule has 0 bridgehead atoms. The average molecular weight is 296 g/mol. The van der Waals surface area contributed by atoms with E-state index in [1.54, 1.807) is 12.1 Å². The third-order valence-electron chi connectivity index (χ3n) is 4.09. The molecule has 0 aromatic heterocycles. The molecule has 0 heterocycles. The molecule has 112 valence electrons. The van der Waals surface area contributed by atoms with E-state index in [0.29, 0.717) is 10.8 Å². The monoisotopic (exact) mass is 296 g/mol. The van der Waals surface area contributed by atoms with E-state index in [0.717, 1.165) is 17.8 Å². The smallest absolute Gasteiger partial charge is 0.240 e. The zero-order valence-corrected chi connectivity index (χ0v) is 13.1. The Balaban J connectivity index is 2.08. The molecule has 0 radical (unpaired) electrons. The standard InChI is InChI=1S/C15H24N2O2S/c1-12-8-9-14(20(18,19)16-2)10-15(12)17-11-13-6-4-3-5-7-13/h8-10,13,16-17H,3-7,11H2,1-2H3. The van der Waals surface area contributed by atoms with Gasteiger partial charge in [-0.15, -0.1) is 0 Å². The fourth-order valence-electron chi connectivity index (χ4n) is 2.72. The predicted octanol–water partition coefficient (Wildman–Crippen LogP) is 2.90. The largest absolute Gasteiger partial charge is 0.385 e. The number of anilines is 1. The second-order valence-electron chi connectivity index (χ2n) is 5.57. The number of sulfonamides is 1. The number of hydrogen-bond acceptors (Lipinski definition) is 3. The van der Waals surface area contributed by atoms with Crippen LogP contribution in [0.4, 0.5) is 5.69 Å². The Morgan fingerprint density at radius 2 is 1.90 bits per heavy atom. The molecule has 2 rings (SSSR count). The van der Waals surface area contributed by atoms with Crippen molar-refractivity contribution in [3.63, 3.8) is 0 Å². The van der Waals surface area contributed by atoms with Gasteiger partial charge in [0.15, 0.2) is 0 Å². The summed E-state index contributed by atoms with van der Waals surface area (Å²) in [6.45, 7) is 2.93. The molecule has 0 saturated heterocycles. The molecule has 0 aliphatic heterocycles. The molecule has 0 amide bonds. The van der Waals surface area contributed by atoms with E-state index in [9.17, 15) is 8.42 Å². The molecule has 1 aromatic rings. The first-order valence-electron chi connectivity index (χ1n) is 7.31. The van der Waals surface area contributed by atoms with Crippen molar-refractivity contribution in [2.75, 3.05) is 18.9 Å². The van der Waals surface area contributed by atoms with Crippen LogP contribution in [0.3, 0.4) is 0 Å². The molecule has 1 aliphatic carbocycles. The third-order valence-corrected chi connectivity index (χ3v) is 5.51. The Morgan fingerprint density at radius 1 is 1.20 bits per heavy atom. The maximum Gasteiger partial charge on any atom is 0.240 e. The minimum absolute atomic E-state index is 0.316. The summed E-state index contributed by atoms with van der Waals surface area (Å²) in [4.78, 5) is 0.316. The van der Waals surface area contributed by atoms with Gasteiger partial charge in [-0.05, 0) is 50.4 Å². The Kier molecular flexibility index (Phi) is 5.05. The van der Waals surface area contributed by atoms with Crippen LogP contribution in [-0.2, 0) is 10.0 Å². The van der Waals surface area contributed by atoms with Crippen LogP contribution in [-0.4, -0.2) is 22.0 Å². The van der Waals surface area contributed by atoms with Crippen molar-refractivity contribution in [3.05, 3.63) is 23.8 Å². The molecular formula is C15H24N2O2S. The summed E-state index contributed by atoms with van der Waals surface area (Å²) in [6.07, 6.45) is 6.55. The van der Waals surface area contributed by atoms with E-state index in [1.807, 2.05) is 13.0 Å². The van der Waals surface area contributed by atoms with Gasteiger partial charge >= 0.3 is 0 Å². The highest BCUT2D eigenvalue weighted by Gasteiger charge is 2.15. The summed E-state index contributed by atoms with van der Waals surface area (Å²) in [6, 6.07) is 5.23. The Bertz CT molecular complexity index is 549. The summed E-state index contributed by atoms with van der Waals surface area (Å²) in [7, 11) is -1.94. The van der Waals surface area contributed by atoms with E-state index in [2.05, 4.69) is 10.0 Å². The molecule has 20 heavy (non-hydrogen) atoms. The van der Waals surface area contributed by atoms with E-state index in [4.69, 9.17) is 0 Å². The van der Waals surface area contributed by atoms with Crippen molar-refractivity contribution in [2.24, 2.45) is 5.92 Å². The van der Waals surface area contributed by atoms with Crippen LogP contribution < -0.4 is 10.0 Å². The summed E-state index contributed by atoms with van der Waals surface area (Å²) in [5.74, 6) is 0.715. The van der Waals surface area contributed by atoms with Gasteiger partial charge in [0, 0.05) is 12.2 Å². The molecular weight excluding hydrogens is 272 g/mol. The summed E-state index contributed by atoms with van der Waals surface area (Å²) >= 11 is 0. The van der Waals surface area contributed by atoms with E-state index >= 15 is 0 Å². The Morgan fingerprint density at radius 3 is 2.55 bits per heavy atom. The van der Waals surface area contributed by atoms with E-state index in [-0.39, 0.29) is 0 Å². The van der Waals surface area contributed by atoms with Crippen LogP contribution in [0.1, 0.15) is 37.7 Å². The summed E-state index contributed by atoms with van der Waals surface area (Å²) in [5.41, 5.74) is 2.00. The van der Waals surface area contributed by atoms with Crippen LogP contribution in [0.25, 0.3) is 0 Å². The van der Waals surface area contributed by atoms with Gasteiger partial charge < -0.3 is 5.32 Å². The SMILES string of the molecule is CNS(=O)(=O)c1ccc(C)c(NCC2CCCCC2)c1. The summed E-state index contributed by atoms with van der Waals surface area (Å²) in [5, 5.41) is 3.43. The Hall–Kier alpha value is -1.07. The van der Waals surface area contributed by atoms with E-state index in [1.165, 1.54) is 39.2 Å². The first-order valence-corrected chi connectivity index (χ1v) is 8.79. The number of rotatable bonds is 5. The van der Waals surface area contributed by atoms with Gasteiger partial charge in [0.05, 0.1) is 4.90 Å². The zero-order chi connectivity index (χ0) is 14.6. The van der Waals surface area contributed by atoms with Crippen molar-refractivity contribution in [2.45, 2.75) is 43.9 Å². The molecule has 1 aliphatic rings. The van der Waals surface area contributed by atoms with Gasteiger partial charge in [-0.3, -0.25) is 0 Å². The van der Waals surface area contributed by atoms with Crippen LogP contribution in [0, 0.1) is 12.8 Å². The molecule has 5 heteroatoms. The molecule has 0 atom stereocenters. The van der Waals surface area contributed by atoms with Gasteiger partial charge in [0.1, 0.15) is 0 Å².